The topological polar surface area (TPSA) is 9.23 Å². The Bertz CT molecular complexity index is 988. The maximum Gasteiger partial charge on any atom is 0.192 e. The number of halogens is 3. The number of thiophene rings is 2. The van der Waals surface area contributed by atoms with E-state index >= 15 is 0 Å². The van der Waals surface area contributed by atoms with E-state index in [9.17, 15) is 0 Å². The number of rotatable bonds is 3. The van der Waals surface area contributed by atoms with E-state index in [0.717, 1.165) is 17.3 Å². The summed E-state index contributed by atoms with van der Waals surface area (Å²) in [4.78, 5) is 1.35. The molecule has 0 aliphatic heterocycles. The minimum Gasteiger partial charge on any atom is -0.410 e. The first-order valence-electron chi connectivity index (χ1n) is 9.91. The standard InChI is InChI=1S/C19H25BrOSSi.C4H2Br2S/c1-19(2,3)23(4,5)21-17-10-9-14-15(17)7-6-8-16(14)18-11-13(20)12-22-18;5-3-1-4(6)7-2-3/h6-8,11-12,17H,9-10H2,1-5H3;1-2H. The lowest BCUT2D eigenvalue weighted by Gasteiger charge is -2.38. The third kappa shape index (κ3) is 5.97. The molecule has 7 heteroatoms. The van der Waals surface area contributed by atoms with Crippen LogP contribution in [0.3, 0.4) is 0 Å². The Morgan fingerprint density at radius 2 is 1.67 bits per heavy atom. The smallest absolute Gasteiger partial charge is 0.192 e. The molecular formula is C23H27Br3OS2Si. The zero-order chi connectivity index (χ0) is 22.1. The van der Waals surface area contributed by atoms with Gasteiger partial charge < -0.3 is 4.43 Å². The summed E-state index contributed by atoms with van der Waals surface area (Å²) in [7, 11) is -1.74. The predicted octanol–water partition coefficient (Wildman–Crippen LogP) is 10.5. The van der Waals surface area contributed by atoms with Gasteiger partial charge in [-0.25, -0.2) is 0 Å². The van der Waals surface area contributed by atoms with Gasteiger partial charge in [-0.3, -0.25) is 0 Å². The molecule has 0 saturated carbocycles. The minimum absolute atomic E-state index is 0.256. The summed E-state index contributed by atoms with van der Waals surface area (Å²) < 4.78 is 10.2. The van der Waals surface area contributed by atoms with Crippen molar-refractivity contribution in [3.05, 3.63) is 65.0 Å². The molecule has 3 aromatic rings. The van der Waals surface area contributed by atoms with Gasteiger partial charge >= 0.3 is 0 Å². The van der Waals surface area contributed by atoms with Crippen LogP contribution < -0.4 is 0 Å². The molecule has 0 radical (unpaired) electrons. The lowest BCUT2D eigenvalue weighted by atomic mass is 10.0. The Labute approximate surface area is 214 Å². The van der Waals surface area contributed by atoms with E-state index in [1.165, 1.54) is 29.8 Å². The second kappa shape index (κ2) is 10.0. The summed E-state index contributed by atoms with van der Waals surface area (Å²) in [5, 5.41) is 4.45. The molecule has 4 rings (SSSR count). The SMILES string of the molecule is Brc1csc(Br)c1.CC(C)(C)[Si](C)(C)OC1CCc2c(-c3cc(Br)cs3)cccc21. The highest BCUT2D eigenvalue weighted by Gasteiger charge is 2.41. The van der Waals surface area contributed by atoms with E-state index in [2.05, 4.69) is 111 Å². The molecule has 1 atom stereocenters. The summed E-state index contributed by atoms with van der Waals surface area (Å²) in [5.74, 6) is 0. The van der Waals surface area contributed by atoms with E-state index in [1.807, 2.05) is 22.8 Å². The van der Waals surface area contributed by atoms with E-state index in [1.54, 1.807) is 11.3 Å². The summed E-state index contributed by atoms with van der Waals surface area (Å²) in [6, 6.07) is 11.0. The highest BCUT2D eigenvalue weighted by molar-refractivity contribution is 9.11. The number of benzene rings is 1. The van der Waals surface area contributed by atoms with Crippen LogP contribution in [0.25, 0.3) is 10.4 Å². The van der Waals surface area contributed by atoms with E-state index in [0.29, 0.717) is 0 Å². The molecule has 162 valence electrons. The molecule has 1 aliphatic carbocycles. The Balaban J connectivity index is 0.000000310. The maximum absolute atomic E-state index is 6.72. The average Bonchev–Trinajstić information content (AvgIpc) is 3.35. The summed E-state index contributed by atoms with van der Waals surface area (Å²) in [6.45, 7) is 11.6. The molecule has 2 heterocycles. The van der Waals surface area contributed by atoms with Gasteiger partial charge in [0.25, 0.3) is 0 Å². The monoisotopic (exact) mass is 648 g/mol. The molecule has 1 unspecified atom stereocenters. The van der Waals surface area contributed by atoms with Crippen LogP contribution in [0.2, 0.25) is 18.1 Å². The number of hydrogen-bond acceptors (Lipinski definition) is 3. The second-order valence-corrected chi connectivity index (χ2v) is 18.8. The maximum atomic E-state index is 6.72. The van der Waals surface area contributed by atoms with Crippen molar-refractivity contribution >= 4 is 78.8 Å². The first-order valence-corrected chi connectivity index (χ1v) is 17.0. The van der Waals surface area contributed by atoms with Crippen LogP contribution in [-0.4, -0.2) is 8.32 Å². The minimum atomic E-state index is -1.74. The van der Waals surface area contributed by atoms with Crippen LogP contribution in [0, 0.1) is 0 Å². The summed E-state index contributed by atoms with van der Waals surface area (Å²) >= 11 is 13.7. The zero-order valence-corrected chi connectivity index (χ0v) is 25.3. The molecule has 0 bridgehead atoms. The van der Waals surface area contributed by atoms with Crippen LogP contribution in [0.5, 0.6) is 0 Å². The van der Waals surface area contributed by atoms with Crippen molar-refractivity contribution in [2.45, 2.75) is 57.8 Å². The molecule has 1 aliphatic rings. The molecule has 2 aromatic heterocycles. The van der Waals surface area contributed by atoms with Gasteiger partial charge in [-0.15, -0.1) is 22.7 Å². The van der Waals surface area contributed by atoms with Crippen LogP contribution in [0.1, 0.15) is 44.4 Å². The van der Waals surface area contributed by atoms with Gasteiger partial charge in [0.15, 0.2) is 8.32 Å². The Kier molecular flexibility index (Phi) is 8.31. The van der Waals surface area contributed by atoms with Crippen molar-refractivity contribution < 1.29 is 4.43 Å². The van der Waals surface area contributed by atoms with Crippen molar-refractivity contribution in [2.24, 2.45) is 0 Å². The molecule has 0 spiro atoms. The van der Waals surface area contributed by atoms with Crippen molar-refractivity contribution in [3.63, 3.8) is 0 Å². The summed E-state index contributed by atoms with van der Waals surface area (Å²) in [6.07, 6.45) is 2.51. The molecule has 30 heavy (non-hydrogen) atoms. The molecule has 1 aromatic carbocycles. The Hall–Kier alpha value is 0.237. The van der Waals surface area contributed by atoms with Crippen molar-refractivity contribution in [1.29, 1.82) is 0 Å². The summed E-state index contributed by atoms with van der Waals surface area (Å²) in [5.41, 5.74) is 4.29. The number of fused-ring (bicyclic) bond motifs is 1. The highest BCUT2D eigenvalue weighted by Crippen LogP contribution is 2.46. The molecule has 0 amide bonds. The Morgan fingerprint density at radius 1 is 1.00 bits per heavy atom. The molecule has 1 nitrogen and oxygen atoms in total. The third-order valence-electron chi connectivity index (χ3n) is 5.83. The fourth-order valence-electron chi connectivity index (χ4n) is 3.25. The lowest BCUT2D eigenvalue weighted by molar-refractivity contribution is 0.185. The second-order valence-electron chi connectivity index (χ2n) is 8.98. The van der Waals surface area contributed by atoms with Crippen LogP contribution in [0.15, 0.2) is 53.8 Å². The first kappa shape index (κ1) is 24.9. The average molecular weight is 651 g/mol. The molecule has 0 fully saturated rings. The quantitative estimate of drug-likeness (QED) is 0.256. The van der Waals surface area contributed by atoms with Gasteiger partial charge in [-0.1, -0.05) is 39.0 Å². The van der Waals surface area contributed by atoms with E-state index in [4.69, 9.17) is 4.43 Å². The predicted molar refractivity (Wildman–Crippen MR) is 147 cm³/mol. The van der Waals surface area contributed by atoms with E-state index < -0.39 is 8.32 Å². The lowest BCUT2D eigenvalue weighted by Crippen LogP contribution is -2.41. The van der Waals surface area contributed by atoms with Gasteiger partial charge in [0, 0.05) is 24.6 Å². The largest absolute Gasteiger partial charge is 0.410 e. The van der Waals surface area contributed by atoms with Crippen molar-refractivity contribution in [1.82, 2.24) is 0 Å². The fourth-order valence-corrected chi connectivity index (χ4v) is 8.02. The van der Waals surface area contributed by atoms with E-state index in [-0.39, 0.29) is 11.1 Å². The van der Waals surface area contributed by atoms with Gasteiger partial charge in [0.2, 0.25) is 0 Å². The number of hydrogen-bond donors (Lipinski definition) is 0. The van der Waals surface area contributed by atoms with Gasteiger partial charge in [0.05, 0.1) is 9.89 Å². The van der Waals surface area contributed by atoms with Gasteiger partial charge in [-0.2, -0.15) is 0 Å². The van der Waals surface area contributed by atoms with Crippen LogP contribution in [0.4, 0.5) is 0 Å². The zero-order valence-electron chi connectivity index (χ0n) is 17.9. The van der Waals surface area contributed by atoms with Crippen LogP contribution >= 0.6 is 70.5 Å². The van der Waals surface area contributed by atoms with Crippen molar-refractivity contribution in [2.75, 3.05) is 0 Å². The fraction of sp³-hybridized carbons (Fsp3) is 0.391. The Morgan fingerprint density at radius 3 is 2.17 bits per heavy atom. The molecular weight excluding hydrogens is 624 g/mol. The third-order valence-corrected chi connectivity index (χ3v) is 14.3. The van der Waals surface area contributed by atoms with Gasteiger partial charge in [-0.05, 0) is 108 Å². The normalized spacial score (nSPS) is 16.2. The highest BCUT2D eigenvalue weighted by atomic mass is 79.9. The first-order chi connectivity index (χ1) is 14.0. The molecule has 0 saturated heterocycles. The van der Waals surface area contributed by atoms with Gasteiger partial charge in [0.1, 0.15) is 0 Å². The van der Waals surface area contributed by atoms with Crippen molar-refractivity contribution in [3.8, 4) is 10.4 Å². The molecule has 0 N–H and O–H groups in total. The van der Waals surface area contributed by atoms with Crippen LogP contribution in [-0.2, 0) is 10.8 Å².